The number of hydrogen-bond donors (Lipinski definition) is 2. The van der Waals surface area contributed by atoms with Gasteiger partial charge in [-0.05, 0) is 19.8 Å². The second-order valence-electron chi connectivity index (χ2n) is 4.62. The lowest BCUT2D eigenvalue weighted by molar-refractivity contribution is 0.0604. The molecular weight excluding hydrogens is 270 g/mol. The number of methoxy groups -OCH3 is 1. The van der Waals surface area contributed by atoms with Crippen LogP contribution >= 0.6 is 0 Å². The van der Waals surface area contributed by atoms with Gasteiger partial charge in [0.1, 0.15) is 10.6 Å². The normalized spacial score (nSPS) is 18.9. The van der Waals surface area contributed by atoms with E-state index in [1.54, 1.807) is 14.0 Å². The summed E-state index contributed by atoms with van der Waals surface area (Å²) >= 11 is 0. The van der Waals surface area contributed by atoms with E-state index >= 15 is 0 Å². The number of nitrogens with one attached hydrogen (secondary N) is 1. The van der Waals surface area contributed by atoms with E-state index in [0.29, 0.717) is 31.6 Å². The third-order valence-corrected chi connectivity index (χ3v) is 5.55. The van der Waals surface area contributed by atoms with Crippen LogP contribution in [0.3, 0.4) is 0 Å². The van der Waals surface area contributed by atoms with Crippen LogP contribution in [0.15, 0.2) is 4.90 Å². The van der Waals surface area contributed by atoms with Gasteiger partial charge in [-0.3, -0.25) is 5.10 Å². The summed E-state index contributed by atoms with van der Waals surface area (Å²) in [6.07, 6.45) is 1.48. The minimum absolute atomic E-state index is 0.103. The molecule has 0 aromatic carbocycles. The number of hydrogen-bond acceptors (Lipinski definition) is 5. The summed E-state index contributed by atoms with van der Waals surface area (Å²) in [5.41, 5.74) is 0.629. The lowest BCUT2D eigenvalue weighted by Crippen LogP contribution is -2.40. The predicted octanol–water partition coefficient (Wildman–Crippen LogP) is 0.00992. The van der Waals surface area contributed by atoms with Crippen molar-refractivity contribution in [3.63, 3.8) is 0 Å². The molecule has 0 spiro atoms. The average Bonchev–Trinajstić information content (AvgIpc) is 2.80. The Labute approximate surface area is 112 Å². The molecule has 0 radical (unpaired) electrons. The van der Waals surface area contributed by atoms with E-state index in [-0.39, 0.29) is 16.7 Å². The molecule has 1 aliphatic rings. The largest absolute Gasteiger partial charge is 0.390 e. The van der Waals surface area contributed by atoms with E-state index in [4.69, 9.17) is 4.74 Å². The van der Waals surface area contributed by atoms with Crippen molar-refractivity contribution in [3.05, 3.63) is 11.4 Å². The van der Waals surface area contributed by atoms with E-state index in [1.165, 1.54) is 4.31 Å². The second-order valence-corrected chi connectivity index (χ2v) is 6.50. The highest BCUT2D eigenvalue weighted by Crippen LogP contribution is 2.25. The summed E-state index contributed by atoms with van der Waals surface area (Å²) in [5.74, 6) is 0. The number of aliphatic hydroxyl groups excluding tert-OH is 1. The van der Waals surface area contributed by atoms with Crippen molar-refractivity contribution in [3.8, 4) is 0 Å². The lowest BCUT2D eigenvalue weighted by Gasteiger charge is -2.30. The third kappa shape index (κ3) is 2.66. The number of nitrogens with zero attached hydrogens (tertiary/aromatic N) is 2. The van der Waals surface area contributed by atoms with Gasteiger partial charge in [0, 0.05) is 20.2 Å². The highest BCUT2D eigenvalue weighted by atomic mass is 32.2. The van der Waals surface area contributed by atoms with E-state index in [2.05, 4.69) is 10.2 Å². The first-order chi connectivity index (χ1) is 9.00. The Balaban J connectivity index is 2.26. The first-order valence-corrected chi connectivity index (χ1v) is 7.62. The molecule has 19 heavy (non-hydrogen) atoms. The zero-order valence-electron chi connectivity index (χ0n) is 11.1. The van der Waals surface area contributed by atoms with E-state index in [9.17, 15) is 13.5 Å². The van der Waals surface area contributed by atoms with Crippen LogP contribution in [-0.2, 0) is 21.4 Å². The third-order valence-electron chi connectivity index (χ3n) is 3.44. The number of aliphatic hydroxyl groups is 1. The summed E-state index contributed by atoms with van der Waals surface area (Å²) in [6, 6.07) is 0. The van der Waals surface area contributed by atoms with Gasteiger partial charge in [0.2, 0.25) is 10.0 Å². The van der Waals surface area contributed by atoms with Gasteiger partial charge in [0.05, 0.1) is 18.4 Å². The van der Waals surface area contributed by atoms with E-state index in [0.717, 1.165) is 0 Å². The van der Waals surface area contributed by atoms with Gasteiger partial charge in [0.15, 0.2) is 0 Å². The molecule has 1 aromatic heterocycles. The van der Waals surface area contributed by atoms with Crippen molar-refractivity contribution in [2.75, 3.05) is 20.2 Å². The number of ether oxygens (including phenoxy) is 1. The number of aromatic amines is 1. The Morgan fingerprint density at radius 3 is 2.63 bits per heavy atom. The molecule has 0 aliphatic carbocycles. The summed E-state index contributed by atoms with van der Waals surface area (Å²) in [7, 11) is -1.96. The number of aryl methyl sites for hydroxylation is 1. The van der Waals surface area contributed by atoms with E-state index in [1.807, 2.05) is 0 Å². The highest BCUT2D eigenvalue weighted by Gasteiger charge is 2.33. The Bertz CT molecular complexity index is 532. The molecule has 1 saturated heterocycles. The van der Waals surface area contributed by atoms with Crippen LogP contribution < -0.4 is 0 Å². The molecule has 0 saturated carbocycles. The van der Waals surface area contributed by atoms with Gasteiger partial charge < -0.3 is 9.84 Å². The first kappa shape index (κ1) is 14.4. The summed E-state index contributed by atoms with van der Waals surface area (Å²) in [4.78, 5) is 0.103. The van der Waals surface area contributed by atoms with Crippen LogP contribution in [-0.4, -0.2) is 54.3 Å². The standard InChI is InChI=1S/C11H19N3O4S/c1-8-11(10(7-15)13-12-8)19(16,17)14-5-3-9(18-2)4-6-14/h9,15H,3-7H2,1-2H3,(H,12,13). The minimum atomic E-state index is -3.60. The molecule has 1 fully saturated rings. The fourth-order valence-electron chi connectivity index (χ4n) is 2.36. The number of aromatic nitrogens is 2. The van der Waals surface area contributed by atoms with Gasteiger partial charge in [-0.15, -0.1) is 0 Å². The molecule has 2 heterocycles. The zero-order chi connectivity index (χ0) is 14.0. The van der Waals surface area contributed by atoms with Crippen molar-refractivity contribution in [2.24, 2.45) is 0 Å². The fraction of sp³-hybridized carbons (Fsp3) is 0.727. The van der Waals surface area contributed by atoms with Crippen molar-refractivity contribution >= 4 is 10.0 Å². The Morgan fingerprint density at radius 2 is 2.11 bits per heavy atom. The van der Waals surface area contributed by atoms with Gasteiger partial charge >= 0.3 is 0 Å². The van der Waals surface area contributed by atoms with Crippen molar-refractivity contribution in [2.45, 2.75) is 37.4 Å². The molecule has 8 heteroatoms. The fourth-order valence-corrected chi connectivity index (χ4v) is 4.15. The SMILES string of the molecule is COC1CCN(S(=O)(=O)c2c(CO)n[nH]c2C)CC1. The predicted molar refractivity (Wildman–Crippen MR) is 68.0 cm³/mol. The maximum atomic E-state index is 12.6. The van der Waals surface area contributed by atoms with Gasteiger partial charge in [0.25, 0.3) is 0 Å². The van der Waals surface area contributed by atoms with E-state index < -0.39 is 16.6 Å². The van der Waals surface area contributed by atoms with Crippen LogP contribution in [0.25, 0.3) is 0 Å². The number of H-pyrrole nitrogens is 1. The average molecular weight is 289 g/mol. The first-order valence-electron chi connectivity index (χ1n) is 6.18. The lowest BCUT2D eigenvalue weighted by atomic mass is 10.1. The van der Waals surface area contributed by atoms with Crippen molar-refractivity contribution in [1.29, 1.82) is 0 Å². The Kier molecular flexibility index (Phi) is 4.24. The van der Waals surface area contributed by atoms with Crippen LogP contribution in [0.5, 0.6) is 0 Å². The van der Waals surface area contributed by atoms with Crippen LogP contribution in [0.1, 0.15) is 24.2 Å². The number of rotatable bonds is 4. The molecule has 0 amide bonds. The molecule has 2 rings (SSSR count). The Hall–Kier alpha value is -0.960. The highest BCUT2D eigenvalue weighted by molar-refractivity contribution is 7.89. The maximum absolute atomic E-state index is 12.6. The van der Waals surface area contributed by atoms with Crippen molar-refractivity contribution in [1.82, 2.24) is 14.5 Å². The molecule has 0 bridgehead atoms. The van der Waals surface area contributed by atoms with Crippen molar-refractivity contribution < 1.29 is 18.3 Å². The molecule has 0 atom stereocenters. The summed E-state index contributed by atoms with van der Waals surface area (Å²) < 4.78 is 31.8. The smallest absolute Gasteiger partial charge is 0.246 e. The minimum Gasteiger partial charge on any atom is -0.390 e. The van der Waals surface area contributed by atoms with Crippen LogP contribution in [0, 0.1) is 6.92 Å². The topological polar surface area (TPSA) is 95.5 Å². The number of sulfonamides is 1. The van der Waals surface area contributed by atoms with Gasteiger partial charge in [-0.2, -0.15) is 9.40 Å². The molecule has 2 N–H and O–H groups in total. The van der Waals surface area contributed by atoms with Gasteiger partial charge in [-0.1, -0.05) is 0 Å². The zero-order valence-corrected chi connectivity index (χ0v) is 11.9. The van der Waals surface area contributed by atoms with Crippen LogP contribution in [0.2, 0.25) is 0 Å². The van der Waals surface area contributed by atoms with Gasteiger partial charge in [-0.25, -0.2) is 8.42 Å². The summed E-state index contributed by atoms with van der Waals surface area (Å²) in [6.45, 7) is 2.10. The Morgan fingerprint density at radius 1 is 1.47 bits per heavy atom. The molecular formula is C11H19N3O4S. The quantitative estimate of drug-likeness (QED) is 0.814. The van der Waals surface area contributed by atoms with Crippen LogP contribution in [0.4, 0.5) is 0 Å². The number of piperidine rings is 1. The second kappa shape index (κ2) is 5.58. The molecule has 1 aliphatic heterocycles. The summed E-state index contributed by atoms with van der Waals surface area (Å²) in [5, 5.41) is 15.6. The molecule has 0 unspecified atom stereocenters. The maximum Gasteiger partial charge on any atom is 0.246 e. The molecule has 1 aromatic rings. The molecule has 108 valence electrons. The molecule has 7 nitrogen and oxygen atoms in total. The monoisotopic (exact) mass is 289 g/mol.